The van der Waals surface area contributed by atoms with Crippen LogP contribution in [0, 0.1) is 0 Å². The van der Waals surface area contributed by atoms with E-state index in [2.05, 4.69) is 0 Å². The van der Waals surface area contributed by atoms with Crippen LogP contribution in [0.3, 0.4) is 0 Å². The van der Waals surface area contributed by atoms with Gasteiger partial charge in [-0.25, -0.2) is 9.59 Å². The molecule has 128 valence electrons. The summed E-state index contributed by atoms with van der Waals surface area (Å²) < 4.78 is 32.2. The van der Waals surface area contributed by atoms with E-state index in [4.69, 9.17) is 17.8 Å². The van der Waals surface area contributed by atoms with Crippen LogP contribution in [-0.2, 0) is 34.0 Å². The van der Waals surface area contributed by atoms with Crippen molar-refractivity contribution >= 4 is 23.3 Å². The summed E-state index contributed by atoms with van der Waals surface area (Å²) >= 11 is -1.94. The van der Waals surface area contributed by atoms with E-state index in [0.717, 1.165) is 0 Å². The Kier molecular flexibility index (Phi) is 5.08. The van der Waals surface area contributed by atoms with Crippen LogP contribution in [0.2, 0.25) is 0 Å². The lowest BCUT2D eigenvalue weighted by Gasteiger charge is -2.28. The molecule has 8 heteroatoms. The Hall–Kier alpha value is -2.03. The van der Waals surface area contributed by atoms with Gasteiger partial charge < -0.3 is 9.47 Å². The van der Waals surface area contributed by atoms with Gasteiger partial charge in [0.1, 0.15) is 18.3 Å². The molecular weight excluding hydrogens is 336 g/mol. The molecule has 2 aliphatic rings. The minimum atomic E-state index is -1.94. The van der Waals surface area contributed by atoms with Crippen LogP contribution in [0.15, 0.2) is 42.0 Å². The summed E-state index contributed by atoms with van der Waals surface area (Å²) in [6, 6.07) is 8.46. The summed E-state index contributed by atoms with van der Waals surface area (Å²) in [5, 5.41) is 0. The van der Waals surface area contributed by atoms with E-state index >= 15 is 0 Å². The van der Waals surface area contributed by atoms with Crippen molar-refractivity contribution in [2.45, 2.75) is 31.7 Å². The first-order valence-corrected chi connectivity index (χ1v) is 8.48. The highest BCUT2D eigenvalue weighted by Crippen LogP contribution is 2.33. The lowest BCUT2D eigenvalue weighted by molar-refractivity contribution is -0.139. The van der Waals surface area contributed by atoms with Gasteiger partial charge in [0.15, 0.2) is 0 Å². The number of fused-ring (bicyclic) bond motifs is 1. The molecule has 0 aromatic heterocycles. The second kappa shape index (κ2) is 7.25. The third-order valence-corrected chi connectivity index (χ3v) is 4.42. The van der Waals surface area contributed by atoms with Gasteiger partial charge in [0.25, 0.3) is 0 Å². The molecule has 1 aromatic rings. The van der Waals surface area contributed by atoms with Crippen molar-refractivity contribution in [1.29, 1.82) is 0 Å². The van der Waals surface area contributed by atoms with Gasteiger partial charge >= 0.3 is 23.3 Å². The van der Waals surface area contributed by atoms with Crippen molar-refractivity contribution in [3.63, 3.8) is 0 Å². The fourth-order valence-electron chi connectivity index (χ4n) is 2.57. The molecule has 1 aliphatic heterocycles. The molecule has 1 aliphatic carbocycles. The molecule has 0 amide bonds. The normalized spacial score (nSPS) is 28.6. The predicted octanol–water partition coefficient (Wildman–Crippen LogP) is 1.47. The largest absolute Gasteiger partial charge is 0.463 e. The van der Waals surface area contributed by atoms with Crippen molar-refractivity contribution in [3.8, 4) is 0 Å². The van der Waals surface area contributed by atoms with Gasteiger partial charge in [-0.1, -0.05) is 18.2 Å². The number of carbonyl (C=O) groups excluding carboxylic acids is 2. The van der Waals surface area contributed by atoms with Gasteiger partial charge in [-0.05, 0) is 25.1 Å². The Labute approximate surface area is 141 Å². The Morgan fingerprint density at radius 3 is 2.67 bits per heavy atom. The second-order valence-electron chi connectivity index (χ2n) is 5.25. The van der Waals surface area contributed by atoms with Crippen LogP contribution in [0.5, 0.6) is 0 Å². The number of ether oxygens (including phenoxy) is 2. The fourth-order valence-corrected chi connectivity index (χ4v) is 3.38. The van der Waals surface area contributed by atoms with Crippen molar-refractivity contribution in [1.82, 2.24) is 0 Å². The lowest BCUT2D eigenvalue weighted by atomic mass is 9.92. The van der Waals surface area contributed by atoms with Gasteiger partial charge in [-0.15, -0.1) is 0 Å². The summed E-state index contributed by atoms with van der Waals surface area (Å²) in [6.45, 7) is 1.92. The van der Waals surface area contributed by atoms with Crippen LogP contribution in [0.4, 0.5) is 0 Å². The average molecular weight is 352 g/mol. The standard InChI is InChI=1S/C16H16O7S/c1-2-20-15(17)11-8-12(14-13(9-11)22-24(19)23-14)21-16(18)10-6-4-3-5-7-10/h3-7,9,12-14H,2,8H2,1H3/t12-,13-,14+,24?/m1/s1. The Morgan fingerprint density at radius 2 is 1.96 bits per heavy atom. The minimum Gasteiger partial charge on any atom is -0.463 e. The number of esters is 2. The third-order valence-electron chi connectivity index (χ3n) is 3.66. The quantitative estimate of drug-likeness (QED) is 0.758. The van der Waals surface area contributed by atoms with E-state index in [1.54, 1.807) is 37.3 Å². The Balaban J connectivity index is 1.79. The lowest BCUT2D eigenvalue weighted by Crippen LogP contribution is -2.42. The SMILES string of the molecule is CCOC(=O)C1=C[C@H]2OS(=O)O[C@H]2[C@H](OC(=O)c2ccccc2)C1. The maximum atomic E-state index is 12.3. The van der Waals surface area contributed by atoms with E-state index in [9.17, 15) is 13.8 Å². The molecule has 1 fully saturated rings. The van der Waals surface area contributed by atoms with Crippen molar-refractivity contribution in [3.05, 3.63) is 47.5 Å². The summed E-state index contributed by atoms with van der Waals surface area (Å²) in [7, 11) is 0. The Morgan fingerprint density at radius 1 is 1.21 bits per heavy atom. The van der Waals surface area contributed by atoms with Gasteiger partial charge in [-0.2, -0.15) is 4.21 Å². The zero-order valence-corrected chi connectivity index (χ0v) is 13.7. The summed E-state index contributed by atoms with van der Waals surface area (Å²) in [5.41, 5.74) is 0.688. The van der Waals surface area contributed by atoms with E-state index in [1.807, 2.05) is 0 Å². The zero-order chi connectivity index (χ0) is 17.1. The van der Waals surface area contributed by atoms with E-state index in [0.29, 0.717) is 11.1 Å². The van der Waals surface area contributed by atoms with Gasteiger partial charge in [-0.3, -0.25) is 8.37 Å². The first-order chi connectivity index (χ1) is 11.6. The smallest absolute Gasteiger partial charge is 0.338 e. The van der Waals surface area contributed by atoms with Crippen molar-refractivity contribution in [2.75, 3.05) is 6.61 Å². The molecule has 1 unspecified atom stereocenters. The molecule has 0 bridgehead atoms. The summed E-state index contributed by atoms with van der Waals surface area (Å²) in [6.07, 6.45) is -0.623. The number of benzene rings is 1. The molecule has 3 rings (SSSR count). The van der Waals surface area contributed by atoms with Crippen LogP contribution >= 0.6 is 0 Å². The van der Waals surface area contributed by atoms with E-state index < -0.39 is 41.6 Å². The maximum Gasteiger partial charge on any atom is 0.338 e. The second-order valence-corrected chi connectivity index (χ2v) is 6.05. The number of hydrogen-bond acceptors (Lipinski definition) is 7. The first kappa shape index (κ1) is 16.8. The molecule has 4 atom stereocenters. The molecular formula is C16H16O7S. The van der Waals surface area contributed by atoms with Crippen molar-refractivity contribution < 1.29 is 31.6 Å². The number of rotatable bonds is 4. The highest BCUT2D eigenvalue weighted by molar-refractivity contribution is 7.75. The van der Waals surface area contributed by atoms with Crippen LogP contribution in [-0.4, -0.2) is 41.1 Å². The maximum absolute atomic E-state index is 12.3. The topological polar surface area (TPSA) is 88.1 Å². The fraction of sp³-hybridized carbons (Fsp3) is 0.375. The highest BCUT2D eigenvalue weighted by Gasteiger charge is 2.46. The zero-order valence-electron chi connectivity index (χ0n) is 12.9. The molecule has 24 heavy (non-hydrogen) atoms. The number of carbonyl (C=O) groups is 2. The molecule has 0 radical (unpaired) electrons. The van der Waals surface area contributed by atoms with Gasteiger partial charge in [0.05, 0.1) is 12.2 Å². The van der Waals surface area contributed by atoms with Gasteiger partial charge in [0, 0.05) is 12.0 Å². The molecule has 0 spiro atoms. The first-order valence-electron chi connectivity index (χ1n) is 7.48. The third kappa shape index (κ3) is 3.55. The average Bonchev–Trinajstić information content (AvgIpc) is 2.96. The molecule has 1 heterocycles. The molecule has 7 nitrogen and oxygen atoms in total. The minimum absolute atomic E-state index is 0.110. The highest BCUT2D eigenvalue weighted by atomic mass is 32.2. The molecule has 1 aromatic carbocycles. The van der Waals surface area contributed by atoms with Crippen LogP contribution < -0.4 is 0 Å². The molecule has 0 N–H and O–H groups in total. The molecule has 0 saturated carbocycles. The number of hydrogen-bond donors (Lipinski definition) is 0. The Bertz CT molecular complexity index is 685. The van der Waals surface area contributed by atoms with Crippen LogP contribution in [0.1, 0.15) is 23.7 Å². The monoisotopic (exact) mass is 352 g/mol. The molecule has 1 saturated heterocycles. The van der Waals surface area contributed by atoms with E-state index in [1.165, 1.54) is 6.08 Å². The summed E-state index contributed by atoms with van der Waals surface area (Å²) in [5.74, 6) is -1.07. The van der Waals surface area contributed by atoms with E-state index in [-0.39, 0.29) is 13.0 Å². The predicted molar refractivity (Wildman–Crippen MR) is 82.9 cm³/mol. The van der Waals surface area contributed by atoms with Gasteiger partial charge in [0.2, 0.25) is 0 Å². The van der Waals surface area contributed by atoms with Crippen LogP contribution in [0.25, 0.3) is 0 Å². The van der Waals surface area contributed by atoms with Crippen molar-refractivity contribution in [2.24, 2.45) is 0 Å². The summed E-state index contributed by atoms with van der Waals surface area (Å²) in [4.78, 5) is 24.2.